The smallest absolute Gasteiger partial charge is 0.207 e. The fourth-order valence-corrected chi connectivity index (χ4v) is 2.64. The van der Waals surface area contributed by atoms with Crippen molar-refractivity contribution in [2.45, 2.75) is 6.42 Å². The Hall–Kier alpha value is -2.47. The molecule has 3 aromatic rings. The summed E-state index contributed by atoms with van der Waals surface area (Å²) in [5.41, 5.74) is 0.768. The number of Topliss-reactive ketones (excluding diaryl/α,β-unsaturated/α-hetero) is 2. The second-order valence-corrected chi connectivity index (χ2v) is 5.11. The Morgan fingerprint density at radius 1 is 1.00 bits per heavy atom. The number of para-hydroxylation sites is 1. The molecule has 0 radical (unpaired) electrons. The molecule has 2 aromatic heterocycles. The third kappa shape index (κ3) is 2.46. The molecular weight excluding hydrogens is 274 g/mol. The SMILES string of the molecule is O=C(CC(=O)c1nc2ccccc2s1)c1ncccn1. The number of nitrogens with zero attached hydrogens (tertiary/aromatic N) is 3. The zero-order valence-electron chi connectivity index (χ0n) is 10.3. The van der Waals surface area contributed by atoms with E-state index < -0.39 is 5.78 Å². The number of carbonyl (C=O) groups is 2. The first-order valence-electron chi connectivity index (χ1n) is 5.93. The Morgan fingerprint density at radius 3 is 2.50 bits per heavy atom. The summed E-state index contributed by atoms with van der Waals surface area (Å²) in [6.07, 6.45) is 2.69. The van der Waals surface area contributed by atoms with Gasteiger partial charge in [0.05, 0.1) is 16.6 Å². The normalized spacial score (nSPS) is 10.6. The van der Waals surface area contributed by atoms with Crippen molar-refractivity contribution < 1.29 is 9.59 Å². The van der Waals surface area contributed by atoms with E-state index in [1.165, 1.54) is 23.7 Å². The Balaban J connectivity index is 1.81. The Kier molecular flexibility index (Phi) is 3.30. The van der Waals surface area contributed by atoms with Crippen LogP contribution in [0, 0.1) is 0 Å². The average molecular weight is 283 g/mol. The van der Waals surface area contributed by atoms with Crippen molar-refractivity contribution in [3.63, 3.8) is 0 Å². The first-order valence-corrected chi connectivity index (χ1v) is 6.74. The van der Waals surface area contributed by atoms with Gasteiger partial charge in [0.2, 0.25) is 5.78 Å². The second kappa shape index (κ2) is 5.26. The molecule has 0 unspecified atom stereocenters. The van der Waals surface area contributed by atoms with Crippen LogP contribution < -0.4 is 0 Å². The van der Waals surface area contributed by atoms with E-state index in [4.69, 9.17) is 0 Å². The largest absolute Gasteiger partial charge is 0.291 e. The second-order valence-electron chi connectivity index (χ2n) is 4.08. The molecule has 0 saturated heterocycles. The van der Waals surface area contributed by atoms with Crippen LogP contribution in [0.4, 0.5) is 0 Å². The minimum Gasteiger partial charge on any atom is -0.291 e. The van der Waals surface area contributed by atoms with Crippen LogP contribution in [0.15, 0.2) is 42.7 Å². The number of benzene rings is 1. The highest BCUT2D eigenvalue weighted by atomic mass is 32.1. The van der Waals surface area contributed by atoms with Gasteiger partial charge in [0, 0.05) is 12.4 Å². The van der Waals surface area contributed by atoms with Gasteiger partial charge in [-0.25, -0.2) is 15.0 Å². The summed E-state index contributed by atoms with van der Waals surface area (Å²) in [4.78, 5) is 35.9. The lowest BCUT2D eigenvalue weighted by Crippen LogP contribution is -2.11. The summed E-state index contributed by atoms with van der Waals surface area (Å²) in [5, 5.41) is 0.343. The third-order valence-electron chi connectivity index (χ3n) is 2.67. The van der Waals surface area contributed by atoms with Crippen molar-refractivity contribution in [1.82, 2.24) is 15.0 Å². The molecular formula is C14H9N3O2S. The van der Waals surface area contributed by atoms with E-state index >= 15 is 0 Å². The number of fused-ring (bicyclic) bond motifs is 1. The van der Waals surface area contributed by atoms with E-state index in [1.54, 1.807) is 6.07 Å². The highest BCUT2D eigenvalue weighted by Gasteiger charge is 2.18. The number of thiazole rings is 1. The van der Waals surface area contributed by atoms with Crippen LogP contribution in [0.2, 0.25) is 0 Å². The van der Waals surface area contributed by atoms with Crippen LogP contribution in [0.1, 0.15) is 26.8 Å². The molecule has 1 aromatic carbocycles. The predicted octanol–water partition coefficient (Wildman–Crippen LogP) is 2.54. The standard InChI is InChI=1S/C14H9N3O2S/c18-10(13-15-6-3-7-16-13)8-11(19)14-17-9-4-1-2-5-12(9)20-14/h1-7H,8H2. The quantitative estimate of drug-likeness (QED) is 0.543. The summed E-state index contributed by atoms with van der Waals surface area (Å²) in [5.74, 6) is -0.638. The van der Waals surface area contributed by atoms with Gasteiger partial charge in [-0.1, -0.05) is 12.1 Å². The van der Waals surface area contributed by atoms with Crippen molar-refractivity contribution in [2.75, 3.05) is 0 Å². The van der Waals surface area contributed by atoms with Crippen LogP contribution in [0.5, 0.6) is 0 Å². The number of rotatable bonds is 4. The van der Waals surface area contributed by atoms with Gasteiger partial charge in [0.25, 0.3) is 0 Å². The van der Waals surface area contributed by atoms with E-state index in [1.807, 2.05) is 24.3 Å². The van der Waals surface area contributed by atoms with Gasteiger partial charge in [-0.15, -0.1) is 11.3 Å². The minimum atomic E-state index is -0.394. The van der Waals surface area contributed by atoms with Gasteiger partial charge in [0.15, 0.2) is 16.6 Å². The fraction of sp³-hybridized carbons (Fsp3) is 0.0714. The van der Waals surface area contributed by atoms with E-state index in [-0.39, 0.29) is 18.0 Å². The van der Waals surface area contributed by atoms with Crippen LogP contribution in [-0.2, 0) is 0 Å². The molecule has 6 heteroatoms. The van der Waals surface area contributed by atoms with Gasteiger partial charge in [-0.3, -0.25) is 9.59 Å². The lowest BCUT2D eigenvalue weighted by molar-refractivity contribution is 0.0888. The van der Waals surface area contributed by atoms with Crippen LogP contribution in [0.3, 0.4) is 0 Å². The van der Waals surface area contributed by atoms with Crippen molar-refractivity contribution in [2.24, 2.45) is 0 Å². The first kappa shape index (κ1) is 12.6. The first-order chi connectivity index (χ1) is 9.74. The van der Waals surface area contributed by atoms with Crippen molar-refractivity contribution in [1.29, 1.82) is 0 Å². The molecule has 20 heavy (non-hydrogen) atoms. The predicted molar refractivity (Wildman–Crippen MR) is 74.9 cm³/mol. The number of hydrogen-bond acceptors (Lipinski definition) is 6. The molecule has 0 spiro atoms. The number of aromatic nitrogens is 3. The van der Waals surface area contributed by atoms with Crippen LogP contribution in [0.25, 0.3) is 10.2 Å². The maximum atomic E-state index is 12.1. The lowest BCUT2D eigenvalue weighted by Gasteiger charge is -1.96. The van der Waals surface area contributed by atoms with Crippen molar-refractivity contribution >= 4 is 33.1 Å². The Labute approximate surface area is 118 Å². The number of hydrogen-bond donors (Lipinski definition) is 0. The topological polar surface area (TPSA) is 72.8 Å². The fourth-order valence-electron chi connectivity index (χ4n) is 1.74. The van der Waals surface area contributed by atoms with E-state index in [9.17, 15) is 9.59 Å². The van der Waals surface area contributed by atoms with E-state index in [0.29, 0.717) is 5.01 Å². The molecule has 0 fully saturated rings. The molecule has 0 aliphatic rings. The van der Waals surface area contributed by atoms with Gasteiger partial charge in [0.1, 0.15) is 0 Å². The van der Waals surface area contributed by atoms with Gasteiger partial charge < -0.3 is 0 Å². The zero-order valence-corrected chi connectivity index (χ0v) is 11.1. The van der Waals surface area contributed by atoms with Gasteiger partial charge in [-0.05, 0) is 18.2 Å². The minimum absolute atomic E-state index is 0.0574. The summed E-state index contributed by atoms with van der Waals surface area (Å²) in [6.45, 7) is 0. The van der Waals surface area contributed by atoms with Crippen molar-refractivity contribution in [3.05, 3.63) is 53.6 Å². The van der Waals surface area contributed by atoms with Crippen LogP contribution >= 0.6 is 11.3 Å². The van der Waals surface area contributed by atoms with E-state index in [2.05, 4.69) is 15.0 Å². The highest BCUT2D eigenvalue weighted by Crippen LogP contribution is 2.22. The molecule has 5 nitrogen and oxygen atoms in total. The molecule has 0 aliphatic carbocycles. The summed E-state index contributed by atoms with van der Waals surface area (Å²) < 4.78 is 0.930. The van der Waals surface area contributed by atoms with Gasteiger partial charge in [-0.2, -0.15) is 0 Å². The molecule has 0 aliphatic heterocycles. The number of ketones is 2. The molecule has 2 heterocycles. The molecule has 0 amide bonds. The number of carbonyl (C=O) groups excluding carboxylic acids is 2. The monoisotopic (exact) mass is 283 g/mol. The molecule has 0 bridgehead atoms. The maximum absolute atomic E-state index is 12.1. The Morgan fingerprint density at radius 2 is 1.75 bits per heavy atom. The summed E-state index contributed by atoms with van der Waals surface area (Å²) in [7, 11) is 0. The third-order valence-corrected chi connectivity index (χ3v) is 3.75. The van der Waals surface area contributed by atoms with Gasteiger partial charge >= 0.3 is 0 Å². The van der Waals surface area contributed by atoms with E-state index in [0.717, 1.165) is 10.2 Å². The summed E-state index contributed by atoms with van der Waals surface area (Å²) >= 11 is 1.29. The van der Waals surface area contributed by atoms with Crippen LogP contribution in [-0.4, -0.2) is 26.5 Å². The van der Waals surface area contributed by atoms with Crippen molar-refractivity contribution in [3.8, 4) is 0 Å². The zero-order chi connectivity index (χ0) is 13.9. The molecule has 0 saturated carbocycles. The Bertz CT molecular complexity index is 750. The molecule has 0 N–H and O–H groups in total. The molecule has 98 valence electrons. The average Bonchev–Trinajstić information content (AvgIpc) is 2.92. The lowest BCUT2D eigenvalue weighted by atomic mass is 10.2. The summed E-state index contributed by atoms with van der Waals surface area (Å²) in [6, 6.07) is 9.10. The molecule has 0 atom stereocenters. The molecule has 3 rings (SSSR count). The highest BCUT2D eigenvalue weighted by molar-refractivity contribution is 7.20. The maximum Gasteiger partial charge on any atom is 0.207 e.